The molecule has 0 aliphatic carbocycles. The van der Waals surface area contributed by atoms with Gasteiger partial charge in [0.25, 0.3) is 0 Å². The number of nitrogen functional groups attached to an aromatic ring is 1. The third kappa shape index (κ3) is 1.88. The predicted molar refractivity (Wildman–Crippen MR) is 47.1 cm³/mol. The Morgan fingerprint density at radius 1 is 1.46 bits per heavy atom. The van der Waals surface area contributed by atoms with Crippen molar-refractivity contribution in [2.75, 3.05) is 5.73 Å². The Kier molecular flexibility index (Phi) is 2.39. The Labute approximate surface area is 74.6 Å². The molecule has 1 aromatic carbocycles. The van der Waals surface area contributed by atoms with E-state index >= 15 is 0 Å². The highest BCUT2D eigenvalue weighted by atomic mass is 16.4. The first kappa shape index (κ1) is 9.34. The molecule has 1 atom stereocenters. The van der Waals surface area contributed by atoms with Crippen LogP contribution < -0.4 is 11.5 Å². The highest BCUT2D eigenvalue weighted by Gasteiger charge is 2.14. The van der Waals surface area contributed by atoms with Crippen LogP contribution in [-0.2, 0) is 4.79 Å². The van der Waals surface area contributed by atoms with Crippen LogP contribution in [0.2, 0.25) is 0 Å². The number of anilines is 1. The number of carboxylic acid groups (broad SMARTS) is 1. The van der Waals surface area contributed by atoms with E-state index in [0.29, 0.717) is 5.56 Å². The summed E-state index contributed by atoms with van der Waals surface area (Å²) in [5, 5.41) is 17.7. The number of phenols is 1. The van der Waals surface area contributed by atoms with Gasteiger partial charge in [-0.05, 0) is 17.7 Å². The van der Waals surface area contributed by atoms with Crippen LogP contribution in [0.4, 0.5) is 5.69 Å². The average Bonchev–Trinajstić information content (AvgIpc) is 2.08. The molecule has 0 fully saturated rings. The van der Waals surface area contributed by atoms with Gasteiger partial charge in [0.1, 0.15) is 11.8 Å². The van der Waals surface area contributed by atoms with E-state index in [0.717, 1.165) is 0 Å². The lowest BCUT2D eigenvalue weighted by molar-refractivity contribution is -0.138. The van der Waals surface area contributed by atoms with Crippen molar-refractivity contribution in [2.24, 2.45) is 5.73 Å². The maximum absolute atomic E-state index is 10.5. The Morgan fingerprint density at radius 2 is 2.08 bits per heavy atom. The van der Waals surface area contributed by atoms with Crippen molar-refractivity contribution in [1.82, 2.24) is 0 Å². The summed E-state index contributed by atoms with van der Waals surface area (Å²) >= 11 is 0. The van der Waals surface area contributed by atoms with E-state index in [2.05, 4.69) is 0 Å². The fourth-order valence-corrected chi connectivity index (χ4v) is 0.897. The molecule has 0 aromatic heterocycles. The lowest BCUT2D eigenvalue weighted by Crippen LogP contribution is -2.20. The molecule has 13 heavy (non-hydrogen) atoms. The third-order valence-electron chi connectivity index (χ3n) is 1.68. The summed E-state index contributed by atoms with van der Waals surface area (Å²) in [4.78, 5) is 10.5. The van der Waals surface area contributed by atoms with Crippen molar-refractivity contribution >= 4 is 11.7 Å². The lowest BCUT2D eigenvalue weighted by Gasteiger charge is -2.07. The standard InChI is InChI=1S/C8H10N2O3/c9-5-2-1-4(3-6(5)11)7(10)8(12)13/h1-3,7,11H,9-10H2,(H,12,13). The normalized spacial score (nSPS) is 12.4. The van der Waals surface area contributed by atoms with Crippen LogP contribution in [0.5, 0.6) is 5.75 Å². The number of hydrogen-bond acceptors (Lipinski definition) is 4. The van der Waals surface area contributed by atoms with Crippen LogP contribution in [0, 0.1) is 0 Å². The zero-order chi connectivity index (χ0) is 10.0. The second-order valence-electron chi connectivity index (χ2n) is 2.63. The zero-order valence-electron chi connectivity index (χ0n) is 6.77. The molecular formula is C8H10N2O3. The first-order valence-corrected chi connectivity index (χ1v) is 3.59. The van der Waals surface area contributed by atoms with Crippen molar-refractivity contribution in [1.29, 1.82) is 0 Å². The van der Waals surface area contributed by atoms with E-state index in [-0.39, 0.29) is 11.4 Å². The fourth-order valence-electron chi connectivity index (χ4n) is 0.897. The summed E-state index contributed by atoms with van der Waals surface area (Å²) in [5.41, 5.74) is 11.1. The van der Waals surface area contributed by atoms with E-state index in [1.165, 1.54) is 18.2 Å². The van der Waals surface area contributed by atoms with Crippen LogP contribution in [-0.4, -0.2) is 16.2 Å². The molecule has 1 rings (SSSR count). The van der Waals surface area contributed by atoms with Crippen LogP contribution >= 0.6 is 0 Å². The molecule has 0 saturated carbocycles. The minimum atomic E-state index is -1.15. The third-order valence-corrected chi connectivity index (χ3v) is 1.68. The molecule has 0 heterocycles. The van der Waals surface area contributed by atoms with Gasteiger partial charge in [-0.2, -0.15) is 0 Å². The van der Waals surface area contributed by atoms with Gasteiger partial charge in [-0.15, -0.1) is 0 Å². The van der Waals surface area contributed by atoms with Gasteiger partial charge in [0.15, 0.2) is 0 Å². The number of aliphatic carboxylic acids is 1. The summed E-state index contributed by atoms with van der Waals surface area (Å²) in [7, 11) is 0. The smallest absolute Gasteiger partial charge is 0.325 e. The molecule has 0 spiro atoms. The maximum Gasteiger partial charge on any atom is 0.325 e. The molecule has 0 bridgehead atoms. The average molecular weight is 182 g/mol. The molecule has 70 valence electrons. The van der Waals surface area contributed by atoms with E-state index in [1.54, 1.807) is 0 Å². The molecular weight excluding hydrogens is 172 g/mol. The number of rotatable bonds is 2. The summed E-state index contributed by atoms with van der Waals surface area (Å²) in [5.74, 6) is -1.31. The van der Waals surface area contributed by atoms with Crippen molar-refractivity contribution in [2.45, 2.75) is 6.04 Å². The SMILES string of the molecule is Nc1ccc(C(N)C(=O)O)cc1O. The minimum absolute atomic E-state index is 0.158. The molecule has 0 aliphatic heterocycles. The number of aromatic hydroxyl groups is 1. The number of phenolic OH excluding ortho intramolecular Hbond substituents is 1. The lowest BCUT2D eigenvalue weighted by atomic mass is 10.1. The first-order valence-electron chi connectivity index (χ1n) is 3.59. The molecule has 0 radical (unpaired) electrons. The number of hydrogen-bond donors (Lipinski definition) is 4. The summed E-state index contributed by atoms with van der Waals surface area (Å²) in [6.45, 7) is 0. The monoisotopic (exact) mass is 182 g/mol. The van der Waals surface area contributed by atoms with E-state index in [4.69, 9.17) is 21.7 Å². The molecule has 1 aromatic rings. The molecule has 0 aliphatic rings. The predicted octanol–water partition coefficient (Wildman–Crippen LogP) is 0.0588. The Morgan fingerprint density at radius 3 is 2.54 bits per heavy atom. The van der Waals surface area contributed by atoms with Gasteiger partial charge in [-0.1, -0.05) is 6.07 Å². The van der Waals surface area contributed by atoms with Gasteiger partial charge in [0.05, 0.1) is 5.69 Å². The number of carbonyl (C=O) groups is 1. The fraction of sp³-hybridized carbons (Fsp3) is 0.125. The van der Waals surface area contributed by atoms with Crippen molar-refractivity contribution < 1.29 is 15.0 Å². The first-order chi connectivity index (χ1) is 6.02. The van der Waals surface area contributed by atoms with Crippen LogP contribution in [0.15, 0.2) is 18.2 Å². The zero-order valence-corrected chi connectivity index (χ0v) is 6.77. The Hall–Kier alpha value is -1.75. The Bertz CT molecular complexity index is 338. The highest BCUT2D eigenvalue weighted by molar-refractivity contribution is 5.75. The second kappa shape index (κ2) is 3.32. The van der Waals surface area contributed by atoms with E-state index < -0.39 is 12.0 Å². The van der Waals surface area contributed by atoms with Crippen LogP contribution in [0.1, 0.15) is 11.6 Å². The molecule has 6 N–H and O–H groups in total. The largest absolute Gasteiger partial charge is 0.506 e. The molecule has 5 nitrogen and oxygen atoms in total. The van der Waals surface area contributed by atoms with Gasteiger partial charge in [0, 0.05) is 0 Å². The van der Waals surface area contributed by atoms with Crippen LogP contribution in [0.3, 0.4) is 0 Å². The van der Waals surface area contributed by atoms with Gasteiger partial charge in [0.2, 0.25) is 0 Å². The van der Waals surface area contributed by atoms with Gasteiger partial charge < -0.3 is 21.7 Å². The van der Waals surface area contributed by atoms with E-state index in [9.17, 15) is 4.79 Å². The summed E-state index contributed by atoms with van der Waals surface area (Å²) in [6.07, 6.45) is 0. The van der Waals surface area contributed by atoms with Crippen molar-refractivity contribution in [3.8, 4) is 5.75 Å². The molecule has 0 saturated heterocycles. The second-order valence-corrected chi connectivity index (χ2v) is 2.63. The Balaban J connectivity index is 3.03. The molecule has 5 heteroatoms. The summed E-state index contributed by atoms with van der Waals surface area (Å²) in [6, 6.07) is 2.99. The number of benzene rings is 1. The highest BCUT2D eigenvalue weighted by Crippen LogP contribution is 2.23. The number of carboxylic acids is 1. The molecule has 1 unspecified atom stereocenters. The quantitative estimate of drug-likeness (QED) is 0.382. The summed E-state index contributed by atoms with van der Waals surface area (Å²) < 4.78 is 0. The number of nitrogens with two attached hydrogens (primary N) is 2. The van der Waals surface area contributed by atoms with Crippen LogP contribution in [0.25, 0.3) is 0 Å². The topological polar surface area (TPSA) is 110 Å². The van der Waals surface area contributed by atoms with Gasteiger partial charge in [-0.3, -0.25) is 4.79 Å². The van der Waals surface area contributed by atoms with Gasteiger partial charge >= 0.3 is 5.97 Å². The maximum atomic E-state index is 10.5. The van der Waals surface area contributed by atoms with Crippen molar-refractivity contribution in [3.05, 3.63) is 23.8 Å². The van der Waals surface area contributed by atoms with Crippen molar-refractivity contribution in [3.63, 3.8) is 0 Å². The molecule has 0 amide bonds. The van der Waals surface area contributed by atoms with E-state index in [1.807, 2.05) is 0 Å². The minimum Gasteiger partial charge on any atom is -0.506 e. The van der Waals surface area contributed by atoms with Gasteiger partial charge in [-0.25, -0.2) is 0 Å².